The van der Waals surface area contributed by atoms with Gasteiger partial charge in [0.1, 0.15) is 41.4 Å². The first-order valence-electron chi connectivity index (χ1n) is 15.4. The summed E-state index contributed by atoms with van der Waals surface area (Å²) in [5.74, 6) is -1.97. The van der Waals surface area contributed by atoms with Crippen LogP contribution >= 0.6 is 0 Å². The highest BCUT2D eigenvalue weighted by molar-refractivity contribution is 6.01. The van der Waals surface area contributed by atoms with E-state index in [-0.39, 0.29) is 46.9 Å². The summed E-state index contributed by atoms with van der Waals surface area (Å²) < 4.78 is 52.2. The molecule has 2 atom stereocenters. The van der Waals surface area contributed by atoms with E-state index in [1.54, 1.807) is 6.92 Å². The molecule has 2 aromatic heterocycles. The van der Waals surface area contributed by atoms with Crippen molar-refractivity contribution >= 4 is 33.5 Å². The van der Waals surface area contributed by atoms with Gasteiger partial charge in [0.05, 0.1) is 10.9 Å². The zero-order chi connectivity index (χ0) is 31.9. The van der Waals surface area contributed by atoms with Crippen LogP contribution < -0.4 is 9.64 Å². The second kappa shape index (κ2) is 12.3. The van der Waals surface area contributed by atoms with Crippen LogP contribution in [-0.2, 0) is 11.2 Å². The summed E-state index contributed by atoms with van der Waals surface area (Å²) in [6.07, 6.45) is 3.14. The number of nitrogens with zero attached hydrogens (tertiary/aromatic N) is 5. The molecular weight excluding hydrogens is 587 g/mol. The first-order chi connectivity index (χ1) is 21.6. The van der Waals surface area contributed by atoms with Crippen LogP contribution in [0.15, 0.2) is 30.5 Å². The van der Waals surface area contributed by atoms with E-state index in [2.05, 4.69) is 19.9 Å². The highest BCUT2D eigenvalue weighted by Gasteiger charge is 2.49. The zero-order valence-electron chi connectivity index (χ0n) is 25.3. The van der Waals surface area contributed by atoms with Gasteiger partial charge < -0.3 is 19.8 Å². The average molecular weight is 624 g/mol. The first-order valence-corrected chi connectivity index (χ1v) is 15.4. The van der Waals surface area contributed by atoms with Crippen molar-refractivity contribution in [2.24, 2.45) is 0 Å². The van der Waals surface area contributed by atoms with Crippen molar-refractivity contribution in [1.82, 2.24) is 19.9 Å². The summed E-state index contributed by atoms with van der Waals surface area (Å²) >= 11 is 0. The third-order valence-electron chi connectivity index (χ3n) is 9.14. The Morgan fingerprint density at radius 1 is 1.22 bits per heavy atom. The number of aromatic nitrogens is 3. The van der Waals surface area contributed by atoms with Crippen LogP contribution in [-0.4, -0.2) is 80.5 Å². The Morgan fingerprint density at radius 3 is 2.80 bits per heavy atom. The number of phenolic OH excluding ortho intramolecular Hbond substituents is 1. The van der Waals surface area contributed by atoms with E-state index >= 15 is 4.39 Å². The monoisotopic (exact) mass is 623 g/mol. The minimum absolute atomic E-state index is 0.0523. The number of aryl methyl sites for hydroxylation is 1. The van der Waals surface area contributed by atoms with Crippen molar-refractivity contribution in [3.63, 3.8) is 0 Å². The predicted molar refractivity (Wildman–Crippen MR) is 165 cm³/mol. The molecule has 0 amide bonds. The number of hydrogen-bond donors (Lipinski definition) is 2. The molecule has 2 aromatic carbocycles. The maximum atomic E-state index is 16.7. The lowest BCUT2D eigenvalue weighted by atomic mass is 9.94. The summed E-state index contributed by atoms with van der Waals surface area (Å²) in [5.41, 5.74) is -0.0945. The molecule has 2 saturated heterocycles. The Kier molecular flexibility index (Phi) is 8.43. The molecule has 0 radical (unpaired) electrons. The van der Waals surface area contributed by atoms with Gasteiger partial charge in [-0.2, -0.15) is 9.97 Å². The van der Waals surface area contributed by atoms with Gasteiger partial charge in [-0.15, -0.1) is 0 Å². The van der Waals surface area contributed by atoms with Crippen LogP contribution in [0.4, 0.5) is 19.0 Å². The fourth-order valence-electron chi connectivity index (χ4n) is 7.03. The van der Waals surface area contributed by atoms with Gasteiger partial charge in [0, 0.05) is 44.2 Å². The minimum atomic E-state index is -0.951. The van der Waals surface area contributed by atoms with Crippen LogP contribution in [0, 0.1) is 11.6 Å². The number of carbonyl (C=O) groups is 1. The molecule has 238 valence electrons. The van der Waals surface area contributed by atoms with Gasteiger partial charge >= 0.3 is 12.0 Å². The molecule has 2 fully saturated rings. The molecule has 9 nitrogen and oxygen atoms in total. The van der Waals surface area contributed by atoms with Gasteiger partial charge in [0.2, 0.25) is 0 Å². The van der Waals surface area contributed by atoms with Crippen molar-refractivity contribution in [2.75, 3.05) is 37.7 Å². The fraction of sp³-hybridized carbons (Fsp3) is 0.455. The second-order valence-corrected chi connectivity index (χ2v) is 11.9. The van der Waals surface area contributed by atoms with Crippen LogP contribution in [0.2, 0.25) is 0 Å². The predicted octanol–water partition coefficient (Wildman–Crippen LogP) is 6.04. The number of aliphatic carboxylic acids is 1. The van der Waals surface area contributed by atoms with Gasteiger partial charge in [-0.05, 0) is 73.7 Å². The molecule has 2 aliphatic rings. The number of ether oxygens (including phenoxy) is 1. The van der Waals surface area contributed by atoms with Crippen LogP contribution in [0.3, 0.4) is 0 Å². The average Bonchev–Trinajstić information content (AvgIpc) is 3.54. The van der Waals surface area contributed by atoms with Crippen LogP contribution in [0.25, 0.3) is 32.9 Å². The molecule has 4 aromatic rings. The van der Waals surface area contributed by atoms with E-state index in [9.17, 15) is 23.8 Å². The highest BCUT2D eigenvalue weighted by Crippen LogP contribution is 2.41. The quantitative estimate of drug-likeness (QED) is 0.207. The summed E-state index contributed by atoms with van der Waals surface area (Å²) in [6.45, 7) is 5.71. The van der Waals surface area contributed by atoms with Gasteiger partial charge in [-0.3, -0.25) is 14.7 Å². The number of hydrogen-bond acceptors (Lipinski definition) is 8. The number of halogens is 3. The van der Waals surface area contributed by atoms with E-state index in [0.717, 1.165) is 19.4 Å². The molecule has 4 heterocycles. The molecule has 0 unspecified atom stereocenters. The van der Waals surface area contributed by atoms with Gasteiger partial charge in [0.25, 0.3) is 0 Å². The second-order valence-electron chi connectivity index (χ2n) is 11.9. The van der Waals surface area contributed by atoms with E-state index in [0.29, 0.717) is 61.1 Å². The SMILES string of the molecule is CCc1c(F)ccc2cc(O)cc(-c3ncc4c(N(CC)CCCC(=O)O)nc(OC[C@]56CCCN5C[C@H](F)C6)nc4c3F)c12. The van der Waals surface area contributed by atoms with Gasteiger partial charge in [-0.1, -0.05) is 13.0 Å². The van der Waals surface area contributed by atoms with E-state index in [1.807, 2.05) is 11.8 Å². The molecule has 6 rings (SSSR count). The number of aromatic hydroxyl groups is 1. The Hall–Kier alpha value is -4.19. The summed E-state index contributed by atoms with van der Waals surface area (Å²) in [6, 6.07) is 5.63. The number of alkyl halides is 1. The lowest BCUT2D eigenvalue weighted by Crippen LogP contribution is -2.43. The number of benzene rings is 2. The lowest BCUT2D eigenvalue weighted by Gasteiger charge is -2.31. The van der Waals surface area contributed by atoms with Crippen molar-refractivity contribution in [3.8, 4) is 23.0 Å². The van der Waals surface area contributed by atoms with Crippen molar-refractivity contribution in [2.45, 2.75) is 64.1 Å². The number of anilines is 1. The maximum absolute atomic E-state index is 16.7. The molecule has 0 saturated carbocycles. The third-order valence-corrected chi connectivity index (χ3v) is 9.14. The number of carboxylic acid groups (broad SMARTS) is 1. The number of carboxylic acids is 1. The lowest BCUT2D eigenvalue weighted by molar-refractivity contribution is -0.137. The summed E-state index contributed by atoms with van der Waals surface area (Å²) in [4.78, 5) is 28.7. The van der Waals surface area contributed by atoms with E-state index in [4.69, 9.17) is 4.74 Å². The van der Waals surface area contributed by atoms with Crippen molar-refractivity contribution in [3.05, 3.63) is 47.7 Å². The van der Waals surface area contributed by atoms with E-state index in [1.165, 1.54) is 30.5 Å². The number of rotatable bonds is 11. The highest BCUT2D eigenvalue weighted by atomic mass is 19.1. The Balaban J connectivity index is 1.49. The Bertz CT molecular complexity index is 1770. The Labute approximate surface area is 258 Å². The maximum Gasteiger partial charge on any atom is 0.319 e. The molecule has 12 heteroatoms. The molecule has 2 N–H and O–H groups in total. The largest absolute Gasteiger partial charge is 0.508 e. The molecule has 45 heavy (non-hydrogen) atoms. The van der Waals surface area contributed by atoms with Crippen molar-refractivity contribution in [1.29, 1.82) is 0 Å². The van der Waals surface area contributed by atoms with Crippen LogP contribution in [0.1, 0.15) is 51.5 Å². The number of fused-ring (bicyclic) bond motifs is 3. The molecule has 2 aliphatic heterocycles. The standard InChI is InChI=1S/C33H36F3N5O4/c1-3-22-25(35)9-8-19-13-21(42)14-23(27(19)22)29-28(36)30-24(16-37-29)31(40(4-2)11-5-7-26(43)44)39-32(38-30)45-18-33-10-6-12-41(33)17-20(34)15-33/h8-9,13-14,16,20,42H,3-7,10-12,15,17-18H2,1-2H3,(H,43,44)/t20-,33-/m1/s1. The topological polar surface area (TPSA) is 112 Å². The summed E-state index contributed by atoms with van der Waals surface area (Å²) in [5, 5.41) is 21.0. The summed E-state index contributed by atoms with van der Waals surface area (Å²) in [7, 11) is 0. The van der Waals surface area contributed by atoms with E-state index < -0.39 is 29.3 Å². The van der Waals surface area contributed by atoms with Gasteiger partial charge in [-0.25, -0.2) is 13.2 Å². The normalized spacial score (nSPS) is 19.8. The fourth-order valence-corrected chi connectivity index (χ4v) is 7.03. The Morgan fingerprint density at radius 2 is 2.04 bits per heavy atom. The zero-order valence-corrected chi connectivity index (χ0v) is 25.3. The number of pyridine rings is 1. The smallest absolute Gasteiger partial charge is 0.319 e. The molecule has 0 bridgehead atoms. The minimum Gasteiger partial charge on any atom is -0.508 e. The first kappa shape index (κ1) is 30.8. The molecule has 0 aliphatic carbocycles. The molecular formula is C33H36F3N5O4. The van der Waals surface area contributed by atoms with Crippen molar-refractivity contribution < 1.29 is 32.9 Å². The molecule has 0 spiro atoms. The third kappa shape index (κ3) is 5.71. The van der Waals surface area contributed by atoms with Crippen LogP contribution in [0.5, 0.6) is 11.8 Å². The number of phenols is 1. The van der Waals surface area contributed by atoms with Gasteiger partial charge in [0.15, 0.2) is 5.82 Å².